The molecule has 1 heterocycles. The first-order chi connectivity index (χ1) is 16.2. The molecule has 1 aliphatic heterocycles. The molecule has 0 spiro atoms. The lowest BCUT2D eigenvalue weighted by Gasteiger charge is -2.26. The normalized spacial score (nSPS) is 14.8. The van der Waals surface area contributed by atoms with Crippen LogP contribution in [0, 0.1) is 0 Å². The number of benzene rings is 2. The van der Waals surface area contributed by atoms with Crippen LogP contribution in [-0.2, 0) is 19.1 Å². The number of anilines is 1. The number of carbonyl (C=O) groups is 4. The van der Waals surface area contributed by atoms with E-state index in [-0.39, 0.29) is 30.3 Å². The highest BCUT2D eigenvalue weighted by Gasteiger charge is 2.36. The Morgan fingerprint density at radius 3 is 2.38 bits per heavy atom. The van der Waals surface area contributed by atoms with Crippen molar-refractivity contribution < 1.29 is 33.4 Å². The number of imide groups is 2. The van der Waals surface area contributed by atoms with Crippen LogP contribution in [0.15, 0.2) is 50.9 Å². The largest absolute Gasteiger partial charge is 0.490 e. The second-order valence-corrected chi connectivity index (χ2v) is 8.56. The van der Waals surface area contributed by atoms with Gasteiger partial charge >= 0.3 is 12.0 Å². The first-order valence-electron chi connectivity index (χ1n) is 10.2. The number of hydrogen-bond acceptors (Lipinski definition) is 7. The molecule has 2 aromatic carbocycles. The molecule has 0 aromatic heterocycles. The van der Waals surface area contributed by atoms with E-state index in [9.17, 15) is 19.2 Å². The van der Waals surface area contributed by atoms with Gasteiger partial charge in [0.2, 0.25) is 0 Å². The van der Waals surface area contributed by atoms with Crippen molar-refractivity contribution in [3.05, 3.63) is 56.5 Å². The Labute approximate surface area is 212 Å². The molecule has 0 bridgehead atoms. The molecule has 1 N–H and O–H groups in total. The maximum atomic E-state index is 13.1. The molecule has 0 unspecified atom stereocenters. The molecule has 0 aliphatic carbocycles. The number of ether oxygens (including phenoxy) is 3. The lowest BCUT2D eigenvalue weighted by Crippen LogP contribution is -2.54. The Bertz CT molecular complexity index is 1160. The summed E-state index contributed by atoms with van der Waals surface area (Å²) in [5, 5.41) is 2.18. The summed E-state index contributed by atoms with van der Waals surface area (Å²) in [6, 6.07) is 8.82. The van der Waals surface area contributed by atoms with Crippen LogP contribution in [0.5, 0.6) is 11.5 Å². The van der Waals surface area contributed by atoms with E-state index in [1.165, 1.54) is 6.08 Å². The van der Waals surface area contributed by atoms with Gasteiger partial charge in [-0.15, -0.1) is 0 Å². The van der Waals surface area contributed by atoms with Gasteiger partial charge in [-0.25, -0.2) is 14.5 Å². The zero-order chi connectivity index (χ0) is 24.8. The van der Waals surface area contributed by atoms with Crippen molar-refractivity contribution in [2.24, 2.45) is 0 Å². The number of barbiturate groups is 1. The molecular formula is C23H20Br2N2O7. The average Bonchev–Trinajstić information content (AvgIpc) is 2.77. The van der Waals surface area contributed by atoms with Crippen molar-refractivity contribution in [3.63, 3.8) is 0 Å². The number of halogens is 2. The third-order valence-electron chi connectivity index (χ3n) is 4.47. The fourth-order valence-electron chi connectivity index (χ4n) is 3.06. The van der Waals surface area contributed by atoms with E-state index in [2.05, 4.69) is 37.2 Å². The van der Waals surface area contributed by atoms with Crippen LogP contribution < -0.4 is 19.7 Å². The highest BCUT2D eigenvalue weighted by molar-refractivity contribution is 9.10. The Kier molecular flexibility index (Phi) is 8.46. The fraction of sp³-hybridized carbons (Fsp3) is 0.217. The third kappa shape index (κ3) is 5.84. The maximum Gasteiger partial charge on any atom is 0.344 e. The second-order valence-electron chi connectivity index (χ2n) is 6.79. The predicted molar refractivity (Wildman–Crippen MR) is 131 cm³/mol. The predicted octanol–water partition coefficient (Wildman–Crippen LogP) is 4.22. The number of hydrogen-bond donors (Lipinski definition) is 1. The van der Waals surface area contributed by atoms with E-state index in [4.69, 9.17) is 14.2 Å². The van der Waals surface area contributed by atoms with Gasteiger partial charge in [-0.2, -0.15) is 0 Å². The van der Waals surface area contributed by atoms with Crippen LogP contribution in [0.4, 0.5) is 10.5 Å². The Morgan fingerprint density at radius 1 is 1.03 bits per heavy atom. The van der Waals surface area contributed by atoms with Gasteiger partial charge in [-0.05, 0) is 77.8 Å². The Hall–Kier alpha value is -3.18. The maximum absolute atomic E-state index is 13.1. The molecule has 1 saturated heterocycles. The minimum atomic E-state index is -0.839. The minimum absolute atomic E-state index is 0.226. The molecule has 0 saturated carbocycles. The summed E-state index contributed by atoms with van der Waals surface area (Å²) in [7, 11) is 0. The van der Waals surface area contributed by atoms with E-state index in [0.29, 0.717) is 22.3 Å². The first-order valence-corrected chi connectivity index (χ1v) is 11.8. The van der Waals surface area contributed by atoms with Crippen molar-refractivity contribution >= 4 is 67.4 Å². The number of nitrogens with zero attached hydrogens (tertiary/aromatic N) is 1. The molecule has 11 heteroatoms. The van der Waals surface area contributed by atoms with Crippen LogP contribution >= 0.6 is 31.9 Å². The summed E-state index contributed by atoms with van der Waals surface area (Å²) in [6.45, 7) is 3.67. The average molecular weight is 596 g/mol. The molecule has 3 rings (SSSR count). The quantitative estimate of drug-likeness (QED) is 0.276. The summed E-state index contributed by atoms with van der Waals surface area (Å²) < 4.78 is 17.2. The van der Waals surface area contributed by atoms with E-state index >= 15 is 0 Å². The third-order valence-corrected chi connectivity index (χ3v) is 5.59. The molecule has 0 atom stereocenters. The number of rotatable bonds is 8. The zero-order valence-corrected chi connectivity index (χ0v) is 21.4. The second kappa shape index (κ2) is 11.3. The number of amides is 4. The fourth-order valence-corrected chi connectivity index (χ4v) is 3.90. The minimum Gasteiger partial charge on any atom is -0.490 e. The topological polar surface area (TPSA) is 111 Å². The van der Waals surface area contributed by atoms with Gasteiger partial charge in [0.05, 0.1) is 23.4 Å². The van der Waals surface area contributed by atoms with Crippen LogP contribution in [0.2, 0.25) is 0 Å². The van der Waals surface area contributed by atoms with Gasteiger partial charge in [0.15, 0.2) is 18.1 Å². The van der Waals surface area contributed by atoms with Crippen molar-refractivity contribution in [2.75, 3.05) is 24.7 Å². The van der Waals surface area contributed by atoms with Gasteiger partial charge in [0, 0.05) is 4.47 Å². The van der Waals surface area contributed by atoms with E-state index < -0.39 is 23.8 Å². The molecular weight excluding hydrogens is 576 g/mol. The van der Waals surface area contributed by atoms with Gasteiger partial charge < -0.3 is 14.2 Å². The van der Waals surface area contributed by atoms with Crippen molar-refractivity contribution in [1.29, 1.82) is 0 Å². The van der Waals surface area contributed by atoms with Gasteiger partial charge in [0.25, 0.3) is 11.8 Å². The number of nitrogens with one attached hydrogen (secondary N) is 1. The lowest BCUT2D eigenvalue weighted by molar-refractivity contribution is -0.145. The van der Waals surface area contributed by atoms with E-state index in [1.54, 1.807) is 50.2 Å². The van der Waals surface area contributed by atoms with Crippen LogP contribution in [-0.4, -0.2) is 43.6 Å². The molecule has 178 valence electrons. The zero-order valence-electron chi connectivity index (χ0n) is 18.2. The molecule has 0 radical (unpaired) electrons. The first kappa shape index (κ1) is 25.4. The molecule has 1 fully saturated rings. The van der Waals surface area contributed by atoms with Gasteiger partial charge in [-0.1, -0.05) is 15.9 Å². The van der Waals surface area contributed by atoms with E-state index in [0.717, 1.165) is 9.37 Å². The van der Waals surface area contributed by atoms with Crippen molar-refractivity contribution in [1.82, 2.24) is 5.32 Å². The summed E-state index contributed by atoms with van der Waals surface area (Å²) >= 11 is 6.68. The van der Waals surface area contributed by atoms with E-state index in [1.807, 2.05) is 0 Å². The summed E-state index contributed by atoms with van der Waals surface area (Å²) in [5.41, 5.74) is 0.502. The molecule has 2 aromatic rings. The highest BCUT2D eigenvalue weighted by atomic mass is 79.9. The van der Waals surface area contributed by atoms with Crippen molar-refractivity contribution in [2.45, 2.75) is 13.8 Å². The Morgan fingerprint density at radius 2 is 1.74 bits per heavy atom. The summed E-state index contributed by atoms with van der Waals surface area (Å²) in [6.07, 6.45) is 1.35. The van der Waals surface area contributed by atoms with Crippen molar-refractivity contribution in [3.8, 4) is 11.5 Å². The highest BCUT2D eigenvalue weighted by Crippen LogP contribution is 2.38. The van der Waals surface area contributed by atoms with Crippen LogP contribution in [0.3, 0.4) is 0 Å². The molecule has 34 heavy (non-hydrogen) atoms. The number of urea groups is 1. The summed E-state index contributed by atoms with van der Waals surface area (Å²) in [4.78, 5) is 50.5. The number of esters is 1. The molecule has 1 aliphatic rings. The standard InChI is InChI=1S/C23H20Br2N2O7/c1-3-32-18-11-13(10-17(25)20(18)34-12-19(28)33-4-2)9-16-21(29)26-23(31)27(22(16)30)15-7-5-14(24)6-8-15/h5-11H,3-4,12H2,1-2H3,(H,26,29,31)/b16-9+. The lowest BCUT2D eigenvalue weighted by atomic mass is 10.1. The molecule has 4 amide bonds. The smallest absolute Gasteiger partial charge is 0.344 e. The van der Waals surface area contributed by atoms with Gasteiger partial charge in [-0.3, -0.25) is 14.9 Å². The van der Waals surface area contributed by atoms with Gasteiger partial charge in [0.1, 0.15) is 5.57 Å². The molecule has 9 nitrogen and oxygen atoms in total. The number of carbonyl (C=O) groups excluding carboxylic acids is 4. The monoisotopic (exact) mass is 594 g/mol. The Balaban J connectivity index is 1.95. The summed E-state index contributed by atoms with van der Waals surface area (Å²) in [5.74, 6) is -1.57. The SMILES string of the molecule is CCOC(=O)COc1c(Br)cc(/C=C2\C(=O)NC(=O)N(c3ccc(Br)cc3)C2=O)cc1OCC. The van der Waals surface area contributed by atoms with Crippen LogP contribution in [0.25, 0.3) is 6.08 Å². The van der Waals surface area contributed by atoms with Crippen LogP contribution in [0.1, 0.15) is 19.4 Å².